The molecule has 1 heterocycles. The zero-order valence-electron chi connectivity index (χ0n) is 14.8. The van der Waals surface area contributed by atoms with Gasteiger partial charge in [0.1, 0.15) is 0 Å². The van der Waals surface area contributed by atoms with Crippen molar-refractivity contribution in [3.05, 3.63) is 64.7 Å². The standard InChI is InChI=1S/C20H23ClN2O2S/c1-26-16-7-8-18(21)17(13-16)20(24)22-19(15-5-3-2-4-6-15)14-23-9-11-25-12-10-23/h2-8,13,19H,9-12,14H2,1H3,(H,22,24). The number of benzene rings is 2. The zero-order valence-corrected chi connectivity index (χ0v) is 16.4. The Bertz CT molecular complexity index is 736. The quantitative estimate of drug-likeness (QED) is 0.760. The first-order valence-corrected chi connectivity index (χ1v) is 10.3. The molecule has 1 atom stereocenters. The van der Waals surface area contributed by atoms with Gasteiger partial charge in [0.05, 0.1) is 29.8 Å². The van der Waals surface area contributed by atoms with Crippen molar-refractivity contribution in [2.45, 2.75) is 10.9 Å². The van der Waals surface area contributed by atoms with Crippen molar-refractivity contribution in [3.63, 3.8) is 0 Å². The van der Waals surface area contributed by atoms with E-state index >= 15 is 0 Å². The summed E-state index contributed by atoms with van der Waals surface area (Å²) in [6, 6.07) is 15.5. The van der Waals surface area contributed by atoms with Gasteiger partial charge in [0.25, 0.3) is 5.91 Å². The summed E-state index contributed by atoms with van der Waals surface area (Å²) in [5, 5.41) is 3.64. The van der Waals surface area contributed by atoms with E-state index in [0.29, 0.717) is 10.6 Å². The maximum Gasteiger partial charge on any atom is 0.253 e. The first-order valence-electron chi connectivity index (χ1n) is 8.67. The van der Waals surface area contributed by atoms with Crippen LogP contribution in [0.2, 0.25) is 5.02 Å². The van der Waals surface area contributed by atoms with Gasteiger partial charge in [-0.2, -0.15) is 0 Å². The number of hydrogen-bond acceptors (Lipinski definition) is 4. The molecule has 2 aromatic carbocycles. The van der Waals surface area contributed by atoms with E-state index in [0.717, 1.165) is 43.3 Å². The molecule has 6 heteroatoms. The molecule has 138 valence electrons. The highest BCUT2D eigenvalue weighted by Gasteiger charge is 2.21. The fraction of sp³-hybridized carbons (Fsp3) is 0.350. The van der Waals surface area contributed by atoms with Crippen molar-refractivity contribution in [1.29, 1.82) is 0 Å². The Morgan fingerprint density at radius 2 is 1.96 bits per heavy atom. The average molecular weight is 391 g/mol. The monoisotopic (exact) mass is 390 g/mol. The van der Waals surface area contributed by atoms with Crippen molar-refractivity contribution in [2.24, 2.45) is 0 Å². The molecule has 1 N–H and O–H groups in total. The van der Waals surface area contributed by atoms with Crippen LogP contribution in [0, 0.1) is 0 Å². The number of carbonyl (C=O) groups excluding carboxylic acids is 1. The van der Waals surface area contributed by atoms with Crippen molar-refractivity contribution in [3.8, 4) is 0 Å². The fourth-order valence-corrected chi connectivity index (χ4v) is 3.65. The number of ether oxygens (including phenoxy) is 1. The number of carbonyl (C=O) groups is 1. The van der Waals surface area contributed by atoms with Crippen LogP contribution in [0.4, 0.5) is 0 Å². The maximum atomic E-state index is 12.9. The van der Waals surface area contributed by atoms with Crippen LogP contribution in [-0.4, -0.2) is 49.9 Å². The molecular formula is C20H23ClN2O2S. The molecule has 2 aromatic rings. The van der Waals surface area contributed by atoms with Gasteiger partial charge in [0.2, 0.25) is 0 Å². The van der Waals surface area contributed by atoms with E-state index in [2.05, 4.69) is 10.2 Å². The molecule has 1 aliphatic heterocycles. The molecule has 1 fully saturated rings. The first-order chi connectivity index (χ1) is 12.7. The first kappa shape index (κ1) is 19.2. The van der Waals surface area contributed by atoms with Crippen LogP contribution in [0.15, 0.2) is 53.4 Å². The Balaban J connectivity index is 1.79. The van der Waals surface area contributed by atoms with E-state index < -0.39 is 0 Å². The Morgan fingerprint density at radius 3 is 2.65 bits per heavy atom. The number of nitrogens with one attached hydrogen (secondary N) is 1. The Morgan fingerprint density at radius 1 is 1.23 bits per heavy atom. The molecule has 0 spiro atoms. The lowest BCUT2D eigenvalue weighted by Gasteiger charge is -2.31. The highest BCUT2D eigenvalue weighted by molar-refractivity contribution is 7.98. The molecule has 26 heavy (non-hydrogen) atoms. The van der Waals surface area contributed by atoms with Gasteiger partial charge >= 0.3 is 0 Å². The summed E-state index contributed by atoms with van der Waals surface area (Å²) < 4.78 is 5.43. The highest BCUT2D eigenvalue weighted by Crippen LogP contribution is 2.24. The van der Waals surface area contributed by atoms with Crippen LogP contribution in [0.5, 0.6) is 0 Å². The number of halogens is 1. The molecule has 1 amide bonds. The molecular weight excluding hydrogens is 368 g/mol. The number of nitrogens with zero attached hydrogens (tertiary/aromatic N) is 1. The van der Waals surface area contributed by atoms with Gasteiger partial charge in [-0.25, -0.2) is 0 Å². The third-order valence-corrected chi connectivity index (χ3v) is 5.52. The van der Waals surface area contributed by atoms with Crippen LogP contribution in [0.25, 0.3) is 0 Å². The van der Waals surface area contributed by atoms with Crippen molar-refractivity contribution >= 4 is 29.3 Å². The fourth-order valence-electron chi connectivity index (χ4n) is 3.00. The minimum Gasteiger partial charge on any atom is -0.379 e. The second-order valence-electron chi connectivity index (χ2n) is 6.20. The van der Waals surface area contributed by atoms with Crippen LogP contribution in [0.1, 0.15) is 22.0 Å². The lowest BCUT2D eigenvalue weighted by Crippen LogP contribution is -2.43. The van der Waals surface area contributed by atoms with E-state index in [9.17, 15) is 4.79 Å². The summed E-state index contributed by atoms with van der Waals surface area (Å²) in [4.78, 5) is 16.2. The molecule has 0 aliphatic carbocycles. The number of amides is 1. The predicted molar refractivity (Wildman–Crippen MR) is 107 cm³/mol. The Labute approximate surface area is 163 Å². The minimum absolute atomic E-state index is 0.101. The van der Waals surface area contributed by atoms with Gasteiger partial charge in [-0.1, -0.05) is 41.9 Å². The minimum atomic E-state index is -0.145. The summed E-state index contributed by atoms with van der Waals surface area (Å²) in [7, 11) is 0. The molecule has 1 saturated heterocycles. The van der Waals surface area contributed by atoms with E-state index in [1.807, 2.05) is 48.7 Å². The molecule has 0 radical (unpaired) electrons. The molecule has 0 aromatic heterocycles. The van der Waals surface area contributed by atoms with Gasteiger partial charge in [-0.05, 0) is 30.0 Å². The van der Waals surface area contributed by atoms with E-state index in [4.69, 9.17) is 16.3 Å². The van der Waals surface area contributed by atoms with E-state index in [1.165, 1.54) is 0 Å². The SMILES string of the molecule is CSc1ccc(Cl)c(C(=O)NC(CN2CCOCC2)c2ccccc2)c1. The summed E-state index contributed by atoms with van der Waals surface area (Å²) in [6.45, 7) is 3.97. The van der Waals surface area contributed by atoms with Gasteiger partial charge < -0.3 is 10.1 Å². The largest absolute Gasteiger partial charge is 0.379 e. The lowest BCUT2D eigenvalue weighted by atomic mass is 10.1. The lowest BCUT2D eigenvalue weighted by molar-refractivity contribution is 0.0332. The molecule has 4 nitrogen and oxygen atoms in total. The third kappa shape index (κ3) is 5.01. The van der Waals surface area contributed by atoms with Crippen LogP contribution >= 0.6 is 23.4 Å². The van der Waals surface area contributed by atoms with Crippen molar-refractivity contribution in [1.82, 2.24) is 10.2 Å². The van der Waals surface area contributed by atoms with Gasteiger partial charge in [-0.3, -0.25) is 9.69 Å². The summed E-state index contributed by atoms with van der Waals surface area (Å²) in [5.74, 6) is -0.145. The Hall–Kier alpha value is -1.53. The second-order valence-corrected chi connectivity index (χ2v) is 7.48. The van der Waals surface area contributed by atoms with E-state index in [-0.39, 0.29) is 11.9 Å². The summed E-state index contributed by atoms with van der Waals surface area (Å²) >= 11 is 7.86. The van der Waals surface area contributed by atoms with E-state index in [1.54, 1.807) is 17.8 Å². The zero-order chi connectivity index (χ0) is 18.4. The second kappa shape index (κ2) is 9.42. The smallest absolute Gasteiger partial charge is 0.253 e. The molecule has 3 rings (SSSR count). The van der Waals surface area contributed by atoms with Crippen LogP contribution in [0.3, 0.4) is 0 Å². The topological polar surface area (TPSA) is 41.6 Å². The maximum absolute atomic E-state index is 12.9. The number of hydrogen-bond donors (Lipinski definition) is 1. The normalized spacial score (nSPS) is 16.2. The van der Waals surface area contributed by atoms with Gasteiger partial charge in [-0.15, -0.1) is 11.8 Å². The van der Waals surface area contributed by atoms with Crippen molar-refractivity contribution < 1.29 is 9.53 Å². The molecule has 1 aliphatic rings. The predicted octanol–water partition coefficient (Wildman–Crippen LogP) is 3.87. The molecule has 0 saturated carbocycles. The number of thioether (sulfide) groups is 1. The van der Waals surface area contributed by atoms with Gasteiger partial charge in [0, 0.05) is 24.5 Å². The number of rotatable bonds is 6. The van der Waals surface area contributed by atoms with Crippen LogP contribution < -0.4 is 5.32 Å². The highest BCUT2D eigenvalue weighted by atomic mass is 35.5. The molecule has 1 unspecified atom stereocenters. The third-order valence-electron chi connectivity index (χ3n) is 4.47. The molecule has 0 bridgehead atoms. The Kier molecular flexibility index (Phi) is 6.97. The summed E-state index contributed by atoms with van der Waals surface area (Å²) in [5.41, 5.74) is 1.60. The summed E-state index contributed by atoms with van der Waals surface area (Å²) in [6.07, 6.45) is 1.98. The van der Waals surface area contributed by atoms with Crippen LogP contribution in [-0.2, 0) is 4.74 Å². The van der Waals surface area contributed by atoms with Crippen molar-refractivity contribution in [2.75, 3.05) is 39.1 Å². The average Bonchev–Trinajstić information content (AvgIpc) is 2.69. The number of morpholine rings is 1. The van der Waals surface area contributed by atoms with Gasteiger partial charge in [0.15, 0.2) is 0 Å².